The summed E-state index contributed by atoms with van der Waals surface area (Å²) in [6.07, 6.45) is 1.08. The SMILES string of the molecule is CCC(I)c1cc(N2CCN(CCO[Si](C)(C)C)CC2)cc(Br)c1Cl. The van der Waals surface area contributed by atoms with Crippen molar-refractivity contribution < 1.29 is 4.43 Å². The van der Waals surface area contributed by atoms with Crippen molar-refractivity contribution in [2.24, 2.45) is 0 Å². The van der Waals surface area contributed by atoms with Gasteiger partial charge in [0, 0.05) is 53.4 Å². The fourth-order valence-electron chi connectivity index (χ4n) is 2.94. The number of alkyl halides is 1. The maximum Gasteiger partial charge on any atom is 0.183 e. The van der Waals surface area contributed by atoms with Crippen molar-refractivity contribution in [2.45, 2.75) is 36.9 Å². The number of rotatable bonds is 7. The van der Waals surface area contributed by atoms with E-state index in [1.54, 1.807) is 0 Å². The number of hydrogen-bond donors (Lipinski definition) is 0. The van der Waals surface area contributed by atoms with E-state index in [-0.39, 0.29) is 0 Å². The van der Waals surface area contributed by atoms with Gasteiger partial charge in [-0.1, -0.05) is 41.1 Å². The Bertz CT molecular complexity index is 577. The van der Waals surface area contributed by atoms with Crippen LogP contribution in [0.2, 0.25) is 24.7 Å². The van der Waals surface area contributed by atoms with Gasteiger partial charge in [-0.2, -0.15) is 0 Å². The molecular formula is C18H29BrClIN2OSi. The minimum absolute atomic E-state index is 0.446. The minimum atomic E-state index is -1.40. The van der Waals surface area contributed by atoms with Crippen LogP contribution in [0.3, 0.4) is 0 Å². The highest BCUT2D eigenvalue weighted by molar-refractivity contribution is 14.1. The molecule has 1 aliphatic rings. The third-order valence-electron chi connectivity index (χ3n) is 4.42. The Hall–Kier alpha value is 0.657. The summed E-state index contributed by atoms with van der Waals surface area (Å²) in [7, 11) is -1.40. The number of halogens is 3. The van der Waals surface area contributed by atoms with E-state index in [1.165, 1.54) is 11.3 Å². The maximum atomic E-state index is 6.51. The molecule has 25 heavy (non-hydrogen) atoms. The average molecular weight is 560 g/mol. The Morgan fingerprint density at radius 1 is 1.24 bits per heavy atom. The predicted molar refractivity (Wildman–Crippen MR) is 124 cm³/mol. The molecule has 0 N–H and O–H groups in total. The molecule has 3 nitrogen and oxygen atoms in total. The van der Waals surface area contributed by atoms with Crippen LogP contribution in [0.5, 0.6) is 0 Å². The smallest absolute Gasteiger partial charge is 0.183 e. The third-order valence-corrected chi connectivity index (χ3v) is 8.31. The standard InChI is InChI=1S/C18H29BrClIN2OSi/c1-5-17(21)15-12-14(13-16(19)18(15)20)23-8-6-22(7-9-23)10-11-24-25(2,3)4/h12-13,17H,5-11H2,1-4H3. The maximum absolute atomic E-state index is 6.51. The molecule has 0 aromatic heterocycles. The average Bonchev–Trinajstić information content (AvgIpc) is 2.56. The van der Waals surface area contributed by atoms with Crippen LogP contribution in [-0.2, 0) is 4.43 Å². The van der Waals surface area contributed by atoms with Gasteiger partial charge in [0.25, 0.3) is 0 Å². The van der Waals surface area contributed by atoms with Gasteiger partial charge in [0.05, 0.1) is 5.02 Å². The van der Waals surface area contributed by atoms with Crippen LogP contribution in [-0.4, -0.2) is 52.5 Å². The van der Waals surface area contributed by atoms with Crippen molar-refractivity contribution in [3.63, 3.8) is 0 Å². The lowest BCUT2D eigenvalue weighted by atomic mass is 10.1. The molecule has 1 aliphatic heterocycles. The molecule has 2 rings (SSSR count). The first-order valence-electron chi connectivity index (χ1n) is 8.95. The van der Waals surface area contributed by atoms with Crippen LogP contribution in [0.25, 0.3) is 0 Å². The number of nitrogens with zero attached hydrogens (tertiary/aromatic N) is 2. The Morgan fingerprint density at radius 2 is 1.88 bits per heavy atom. The van der Waals surface area contributed by atoms with Gasteiger partial charge in [-0.25, -0.2) is 0 Å². The van der Waals surface area contributed by atoms with Crippen molar-refractivity contribution in [3.8, 4) is 0 Å². The van der Waals surface area contributed by atoms with Gasteiger partial charge in [0.1, 0.15) is 0 Å². The van der Waals surface area contributed by atoms with Crippen LogP contribution in [0.1, 0.15) is 22.8 Å². The van der Waals surface area contributed by atoms with Gasteiger partial charge < -0.3 is 9.33 Å². The van der Waals surface area contributed by atoms with Crippen molar-refractivity contribution in [1.29, 1.82) is 0 Å². The number of hydrogen-bond acceptors (Lipinski definition) is 3. The van der Waals surface area contributed by atoms with E-state index in [2.05, 4.69) is 87.0 Å². The van der Waals surface area contributed by atoms with Crippen LogP contribution in [0.15, 0.2) is 16.6 Å². The Balaban J connectivity index is 1.95. The molecule has 0 amide bonds. The number of anilines is 1. The summed E-state index contributed by atoms with van der Waals surface area (Å²) in [6, 6.07) is 4.44. The molecule has 1 unspecified atom stereocenters. The van der Waals surface area contributed by atoms with E-state index in [4.69, 9.17) is 16.0 Å². The molecule has 1 heterocycles. The molecule has 0 radical (unpaired) electrons. The molecule has 142 valence electrons. The molecule has 1 aromatic carbocycles. The number of benzene rings is 1. The zero-order valence-electron chi connectivity index (χ0n) is 15.6. The lowest BCUT2D eigenvalue weighted by molar-refractivity contribution is 0.197. The minimum Gasteiger partial charge on any atom is -0.416 e. The summed E-state index contributed by atoms with van der Waals surface area (Å²) in [5.41, 5.74) is 2.51. The fraction of sp³-hybridized carbons (Fsp3) is 0.667. The van der Waals surface area contributed by atoms with Gasteiger partial charge in [-0.3, -0.25) is 4.90 Å². The van der Waals surface area contributed by atoms with Gasteiger partial charge in [-0.15, -0.1) is 0 Å². The highest BCUT2D eigenvalue weighted by Gasteiger charge is 2.21. The van der Waals surface area contributed by atoms with Crippen LogP contribution >= 0.6 is 50.1 Å². The molecule has 1 saturated heterocycles. The van der Waals surface area contributed by atoms with Gasteiger partial charge in [0.2, 0.25) is 0 Å². The third kappa shape index (κ3) is 6.64. The van der Waals surface area contributed by atoms with E-state index in [0.717, 1.165) is 55.2 Å². The molecule has 0 aliphatic carbocycles. The normalized spacial score (nSPS) is 17.8. The molecule has 1 fully saturated rings. The fourth-order valence-corrected chi connectivity index (χ4v) is 5.02. The molecule has 7 heteroatoms. The first-order valence-corrected chi connectivity index (χ1v) is 14.8. The molecule has 1 atom stereocenters. The molecule has 0 bridgehead atoms. The van der Waals surface area contributed by atoms with E-state index in [1.807, 2.05) is 0 Å². The highest BCUT2D eigenvalue weighted by atomic mass is 127. The zero-order chi connectivity index (χ0) is 18.6. The summed E-state index contributed by atoms with van der Waals surface area (Å²) in [5, 5.41) is 0.854. The summed E-state index contributed by atoms with van der Waals surface area (Å²) >= 11 is 12.6. The van der Waals surface area contributed by atoms with Gasteiger partial charge >= 0.3 is 0 Å². The van der Waals surface area contributed by atoms with Crippen LogP contribution in [0.4, 0.5) is 5.69 Å². The van der Waals surface area contributed by atoms with Crippen molar-refractivity contribution in [1.82, 2.24) is 4.90 Å². The Labute approximate surface area is 180 Å². The summed E-state index contributed by atoms with van der Waals surface area (Å²) in [6.45, 7) is 15.1. The topological polar surface area (TPSA) is 15.7 Å². The second-order valence-electron chi connectivity index (χ2n) is 7.50. The quantitative estimate of drug-likeness (QED) is 0.233. The summed E-state index contributed by atoms with van der Waals surface area (Å²) in [4.78, 5) is 4.98. The van der Waals surface area contributed by atoms with E-state index >= 15 is 0 Å². The summed E-state index contributed by atoms with van der Waals surface area (Å²) < 4.78 is 7.44. The molecule has 1 aromatic rings. The van der Waals surface area contributed by atoms with Crippen molar-refractivity contribution in [2.75, 3.05) is 44.2 Å². The monoisotopic (exact) mass is 558 g/mol. The van der Waals surface area contributed by atoms with Crippen LogP contribution in [0, 0.1) is 0 Å². The lowest BCUT2D eigenvalue weighted by Gasteiger charge is -2.37. The predicted octanol–water partition coefficient (Wildman–Crippen LogP) is 5.96. The largest absolute Gasteiger partial charge is 0.416 e. The van der Waals surface area contributed by atoms with Crippen LogP contribution < -0.4 is 4.90 Å². The number of piperazine rings is 1. The second kappa shape index (κ2) is 9.73. The van der Waals surface area contributed by atoms with E-state index < -0.39 is 8.32 Å². The van der Waals surface area contributed by atoms with Crippen molar-refractivity contribution >= 4 is 64.1 Å². The molecule has 0 saturated carbocycles. The highest BCUT2D eigenvalue weighted by Crippen LogP contribution is 2.39. The van der Waals surface area contributed by atoms with Crippen molar-refractivity contribution in [3.05, 3.63) is 27.2 Å². The Morgan fingerprint density at radius 3 is 2.44 bits per heavy atom. The Kier molecular flexibility index (Phi) is 8.54. The van der Waals surface area contributed by atoms with Gasteiger partial charge in [-0.05, 0) is 59.7 Å². The first kappa shape index (κ1) is 22.0. The zero-order valence-corrected chi connectivity index (χ0v) is 21.1. The first-order chi connectivity index (χ1) is 11.7. The molecule has 0 spiro atoms. The molecular weight excluding hydrogens is 531 g/mol. The van der Waals surface area contributed by atoms with E-state index in [0.29, 0.717) is 3.92 Å². The summed E-state index contributed by atoms with van der Waals surface area (Å²) in [5.74, 6) is 0. The lowest BCUT2D eigenvalue weighted by Crippen LogP contribution is -2.47. The second-order valence-corrected chi connectivity index (χ2v) is 14.7. The van der Waals surface area contributed by atoms with Gasteiger partial charge in [0.15, 0.2) is 8.32 Å². The van der Waals surface area contributed by atoms with E-state index in [9.17, 15) is 0 Å².